The third kappa shape index (κ3) is 5.32. The fourth-order valence-electron chi connectivity index (χ4n) is 3.69. The Morgan fingerprint density at radius 1 is 1.31 bits per heavy atom. The fourth-order valence-corrected chi connectivity index (χ4v) is 3.69. The molecular weight excluding hydrogens is 332 g/mol. The van der Waals surface area contributed by atoms with E-state index in [2.05, 4.69) is 23.6 Å². The van der Waals surface area contributed by atoms with E-state index in [0.717, 1.165) is 51.4 Å². The van der Waals surface area contributed by atoms with Crippen LogP contribution in [0.1, 0.15) is 88.0 Å². The number of nitrogens with zero attached hydrogens (tertiary/aromatic N) is 2. The zero-order valence-corrected chi connectivity index (χ0v) is 16.3. The van der Waals surface area contributed by atoms with Crippen LogP contribution in [0.4, 0.5) is 0 Å². The standard InChI is InChI=1S/C20H32N2O4/c1-4-6-10-15(5-2)19(23)22(16-11-8-7-9-12-16)13-18-21-17(14-26-18)20(24)25-3/h14-16H,4-13H2,1-3H3. The summed E-state index contributed by atoms with van der Waals surface area (Å²) in [5.74, 6) is 0.122. The number of unbranched alkanes of at least 4 members (excludes halogenated alkanes) is 1. The second-order valence-corrected chi connectivity index (χ2v) is 7.12. The Morgan fingerprint density at radius 3 is 2.65 bits per heavy atom. The molecule has 2 rings (SSSR count). The van der Waals surface area contributed by atoms with Gasteiger partial charge in [0, 0.05) is 12.0 Å². The van der Waals surface area contributed by atoms with Crippen LogP contribution in [-0.2, 0) is 16.1 Å². The van der Waals surface area contributed by atoms with Crippen LogP contribution in [0.25, 0.3) is 0 Å². The Hall–Kier alpha value is -1.85. The average molecular weight is 364 g/mol. The molecule has 0 bridgehead atoms. The van der Waals surface area contributed by atoms with Gasteiger partial charge in [-0.15, -0.1) is 0 Å². The van der Waals surface area contributed by atoms with Crippen molar-refractivity contribution in [2.24, 2.45) is 5.92 Å². The fraction of sp³-hybridized carbons (Fsp3) is 0.750. The van der Waals surface area contributed by atoms with Gasteiger partial charge in [0.2, 0.25) is 11.8 Å². The molecule has 1 aliphatic carbocycles. The lowest BCUT2D eigenvalue weighted by molar-refractivity contribution is -0.140. The van der Waals surface area contributed by atoms with Gasteiger partial charge in [-0.05, 0) is 25.7 Å². The zero-order chi connectivity index (χ0) is 18.9. The van der Waals surface area contributed by atoms with E-state index in [9.17, 15) is 9.59 Å². The van der Waals surface area contributed by atoms with Gasteiger partial charge in [0.1, 0.15) is 6.26 Å². The average Bonchev–Trinajstić information content (AvgIpc) is 3.15. The molecular formula is C20H32N2O4. The smallest absolute Gasteiger partial charge is 0.360 e. The molecule has 26 heavy (non-hydrogen) atoms. The molecule has 1 fully saturated rings. The summed E-state index contributed by atoms with van der Waals surface area (Å²) in [5, 5.41) is 0. The second-order valence-electron chi connectivity index (χ2n) is 7.12. The number of rotatable bonds is 9. The van der Waals surface area contributed by atoms with Crippen molar-refractivity contribution in [3.8, 4) is 0 Å². The molecule has 1 atom stereocenters. The topological polar surface area (TPSA) is 72.6 Å². The molecule has 1 amide bonds. The molecule has 1 heterocycles. The largest absolute Gasteiger partial charge is 0.464 e. The van der Waals surface area contributed by atoms with E-state index in [1.165, 1.54) is 19.8 Å². The lowest BCUT2D eigenvalue weighted by Gasteiger charge is -2.35. The normalized spacial score (nSPS) is 16.3. The Labute approximate surface area is 156 Å². The highest BCUT2D eigenvalue weighted by molar-refractivity contribution is 5.86. The van der Waals surface area contributed by atoms with E-state index in [-0.39, 0.29) is 23.6 Å². The number of oxazole rings is 1. The number of hydrogen-bond acceptors (Lipinski definition) is 5. The lowest BCUT2D eigenvalue weighted by atomic mass is 9.91. The predicted octanol–water partition coefficient (Wildman–Crippen LogP) is 4.34. The first-order chi connectivity index (χ1) is 12.6. The summed E-state index contributed by atoms with van der Waals surface area (Å²) in [5.41, 5.74) is 0.150. The van der Waals surface area contributed by atoms with E-state index in [1.54, 1.807) is 0 Å². The molecule has 6 heteroatoms. The minimum Gasteiger partial charge on any atom is -0.464 e. The molecule has 1 unspecified atom stereocenters. The molecule has 0 saturated heterocycles. The Morgan fingerprint density at radius 2 is 2.04 bits per heavy atom. The molecule has 0 radical (unpaired) electrons. The van der Waals surface area contributed by atoms with Crippen molar-refractivity contribution < 1.29 is 18.7 Å². The van der Waals surface area contributed by atoms with Crippen molar-refractivity contribution in [1.82, 2.24) is 9.88 Å². The minimum absolute atomic E-state index is 0.0481. The summed E-state index contributed by atoms with van der Waals surface area (Å²) in [6.45, 7) is 4.55. The van der Waals surface area contributed by atoms with Gasteiger partial charge in [0.05, 0.1) is 13.7 Å². The van der Waals surface area contributed by atoms with E-state index >= 15 is 0 Å². The van der Waals surface area contributed by atoms with E-state index in [4.69, 9.17) is 4.42 Å². The van der Waals surface area contributed by atoms with Crippen LogP contribution in [0.5, 0.6) is 0 Å². The number of esters is 1. The van der Waals surface area contributed by atoms with Gasteiger partial charge in [0.25, 0.3) is 0 Å². The van der Waals surface area contributed by atoms with E-state index in [0.29, 0.717) is 12.4 Å². The SMILES string of the molecule is CCCCC(CC)C(=O)N(Cc1nc(C(=O)OC)co1)C1CCCCC1. The van der Waals surface area contributed by atoms with Gasteiger partial charge in [-0.3, -0.25) is 4.79 Å². The molecule has 1 aromatic heterocycles. The van der Waals surface area contributed by atoms with Gasteiger partial charge in [-0.25, -0.2) is 9.78 Å². The number of aromatic nitrogens is 1. The Balaban J connectivity index is 2.15. The molecule has 6 nitrogen and oxygen atoms in total. The molecule has 0 spiro atoms. The number of carbonyl (C=O) groups excluding carboxylic acids is 2. The predicted molar refractivity (Wildman–Crippen MR) is 98.6 cm³/mol. The summed E-state index contributed by atoms with van der Waals surface area (Å²) >= 11 is 0. The van der Waals surface area contributed by atoms with E-state index in [1.807, 2.05) is 4.90 Å². The van der Waals surface area contributed by atoms with Crippen molar-refractivity contribution in [3.05, 3.63) is 17.8 Å². The number of ether oxygens (including phenoxy) is 1. The maximum absolute atomic E-state index is 13.2. The minimum atomic E-state index is -0.523. The first-order valence-electron chi connectivity index (χ1n) is 9.93. The molecule has 0 N–H and O–H groups in total. The molecule has 1 aliphatic rings. The van der Waals surface area contributed by atoms with Gasteiger partial charge in [-0.1, -0.05) is 46.0 Å². The highest BCUT2D eigenvalue weighted by Crippen LogP contribution is 2.27. The van der Waals surface area contributed by atoms with Crippen LogP contribution in [0, 0.1) is 5.92 Å². The summed E-state index contributed by atoms with van der Waals surface area (Å²) in [6.07, 6.45) is 10.8. The van der Waals surface area contributed by atoms with Crippen molar-refractivity contribution in [1.29, 1.82) is 0 Å². The van der Waals surface area contributed by atoms with Crippen molar-refractivity contribution in [2.45, 2.75) is 84.2 Å². The molecule has 146 valence electrons. The quantitative estimate of drug-likeness (QED) is 0.610. The van der Waals surface area contributed by atoms with Crippen molar-refractivity contribution >= 4 is 11.9 Å². The number of carbonyl (C=O) groups is 2. The van der Waals surface area contributed by atoms with Crippen molar-refractivity contribution in [3.63, 3.8) is 0 Å². The summed E-state index contributed by atoms with van der Waals surface area (Å²) < 4.78 is 10.1. The van der Waals surface area contributed by atoms with E-state index < -0.39 is 5.97 Å². The maximum atomic E-state index is 13.2. The highest BCUT2D eigenvalue weighted by Gasteiger charge is 2.31. The number of methoxy groups -OCH3 is 1. The molecule has 1 aromatic rings. The van der Waals surface area contributed by atoms with Crippen LogP contribution in [-0.4, -0.2) is 34.9 Å². The summed E-state index contributed by atoms with van der Waals surface area (Å²) in [6, 6.07) is 0.236. The highest BCUT2D eigenvalue weighted by atomic mass is 16.5. The van der Waals surface area contributed by atoms with Gasteiger partial charge < -0.3 is 14.1 Å². The third-order valence-electron chi connectivity index (χ3n) is 5.30. The van der Waals surface area contributed by atoms with Crippen LogP contribution in [0.2, 0.25) is 0 Å². The molecule has 1 saturated carbocycles. The van der Waals surface area contributed by atoms with Gasteiger partial charge in [-0.2, -0.15) is 0 Å². The van der Waals surface area contributed by atoms with Gasteiger partial charge in [0.15, 0.2) is 5.69 Å². The summed E-state index contributed by atoms with van der Waals surface area (Å²) in [7, 11) is 1.31. The number of hydrogen-bond donors (Lipinski definition) is 0. The first-order valence-corrected chi connectivity index (χ1v) is 9.93. The first kappa shape index (κ1) is 20.5. The Bertz CT molecular complexity index is 578. The maximum Gasteiger partial charge on any atom is 0.360 e. The van der Waals surface area contributed by atoms with Gasteiger partial charge >= 0.3 is 5.97 Å². The second kappa shape index (κ2) is 10.3. The van der Waals surface area contributed by atoms with Crippen molar-refractivity contribution in [2.75, 3.05) is 7.11 Å². The Kier molecular flexibility index (Phi) is 8.13. The van der Waals surface area contributed by atoms with Crippen LogP contribution >= 0.6 is 0 Å². The summed E-state index contributed by atoms with van der Waals surface area (Å²) in [4.78, 5) is 31.0. The molecule has 0 aromatic carbocycles. The van der Waals surface area contributed by atoms with Crippen LogP contribution < -0.4 is 0 Å². The number of amides is 1. The molecule has 0 aliphatic heterocycles. The zero-order valence-electron chi connectivity index (χ0n) is 16.3. The van der Waals surface area contributed by atoms with Crippen LogP contribution in [0.3, 0.4) is 0 Å². The third-order valence-corrected chi connectivity index (χ3v) is 5.30. The lowest BCUT2D eigenvalue weighted by Crippen LogP contribution is -2.44. The van der Waals surface area contributed by atoms with Crippen LogP contribution in [0.15, 0.2) is 10.7 Å². The monoisotopic (exact) mass is 364 g/mol.